The summed E-state index contributed by atoms with van der Waals surface area (Å²) in [5.74, 6) is -0.338. The van der Waals surface area contributed by atoms with E-state index in [1.54, 1.807) is 10.7 Å². The summed E-state index contributed by atoms with van der Waals surface area (Å²) in [6.45, 7) is 3.71. The molecule has 0 aliphatic carbocycles. The van der Waals surface area contributed by atoms with Crippen molar-refractivity contribution >= 4 is 6.29 Å². The van der Waals surface area contributed by atoms with Crippen molar-refractivity contribution in [3.8, 4) is 11.1 Å². The van der Waals surface area contributed by atoms with Crippen molar-refractivity contribution in [3.63, 3.8) is 0 Å². The number of benzene rings is 1. The summed E-state index contributed by atoms with van der Waals surface area (Å²) in [7, 11) is 1.81. The number of hydrogen-bond donors (Lipinski definition) is 0. The molecule has 2 rings (SSSR count). The molecule has 0 spiro atoms. The van der Waals surface area contributed by atoms with Crippen LogP contribution in [0.4, 0.5) is 4.39 Å². The minimum Gasteiger partial charge on any atom is -0.298 e. The van der Waals surface area contributed by atoms with E-state index in [0.717, 1.165) is 17.0 Å². The maximum Gasteiger partial charge on any atom is 0.150 e. The fourth-order valence-electron chi connectivity index (χ4n) is 1.97. The van der Waals surface area contributed by atoms with E-state index in [4.69, 9.17) is 0 Å². The monoisotopic (exact) mass is 232 g/mol. The van der Waals surface area contributed by atoms with Crippen molar-refractivity contribution in [2.75, 3.05) is 0 Å². The standard InChI is InChI=1S/C13H13FN2O/c1-8-13(9(2)16(3)15-8)11-6-10(7-17)4-5-12(11)14/h4-7H,1-3H3. The predicted octanol–water partition coefficient (Wildman–Crippen LogP) is 2.66. The number of aromatic nitrogens is 2. The summed E-state index contributed by atoms with van der Waals surface area (Å²) >= 11 is 0. The number of hydrogen-bond acceptors (Lipinski definition) is 2. The summed E-state index contributed by atoms with van der Waals surface area (Å²) in [5, 5.41) is 4.25. The SMILES string of the molecule is Cc1nn(C)c(C)c1-c1cc(C=O)ccc1F. The first kappa shape index (κ1) is 11.5. The Morgan fingerprint density at radius 1 is 1.35 bits per heavy atom. The largest absolute Gasteiger partial charge is 0.298 e. The van der Waals surface area contributed by atoms with Crippen LogP contribution in [0.5, 0.6) is 0 Å². The zero-order chi connectivity index (χ0) is 12.6. The normalized spacial score (nSPS) is 10.6. The lowest BCUT2D eigenvalue weighted by Gasteiger charge is -2.05. The lowest BCUT2D eigenvalue weighted by molar-refractivity contribution is 0.112. The van der Waals surface area contributed by atoms with Crippen molar-refractivity contribution < 1.29 is 9.18 Å². The highest BCUT2D eigenvalue weighted by Crippen LogP contribution is 2.29. The molecule has 1 aromatic heterocycles. The van der Waals surface area contributed by atoms with Gasteiger partial charge in [0, 0.05) is 29.4 Å². The van der Waals surface area contributed by atoms with E-state index in [-0.39, 0.29) is 5.82 Å². The highest BCUT2D eigenvalue weighted by atomic mass is 19.1. The van der Waals surface area contributed by atoms with Crippen LogP contribution >= 0.6 is 0 Å². The van der Waals surface area contributed by atoms with Crippen molar-refractivity contribution in [1.82, 2.24) is 9.78 Å². The second kappa shape index (κ2) is 4.13. The van der Waals surface area contributed by atoms with Crippen molar-refractivity contribution in [1.29, 1.82) is 0 Å². The lowest BCUT2D eigenvalue weighted by atomic mass is 10.0. The van der Waals surface area contributed by atoms with Crippen molar-refractivity contribution in [2.45, 2.75) is 13.8 Å². The second-order valence-electron chi connectivity index (χ2n) is 4.03. The number of rotatable bonds is 2. The number of halogens is 1. The van der Waals surface area contributed by atoms with Gasteiger partial charge in [-0.2, -0.15) is 5.10 Å². The van der Waals surface area contributed by atoms with Gasteiger partial charge in [0.15, 0.2) is 0 Å². The molecule has 0 unspecified atom stereocenters. The molecule has 0 radical (unpaired) electrons. The lowest BCUT2D eigenvalue weighted by Crippen LogP contribution is -1.94. The summed E-state index contributed by atoms with van der Waals surface area (Å²) in [4.78, 5) is 10.7. The number of nitrogens with zero attached hydrogens (tertiary/aromatic N) is 2. The minimum atomic E-state index is -0.338. The zero-order valence-electron chi connectivity index (χ0n) is 9.99. The fraction of sp³-hybridized carbons (Fsp3) is 0.231. The zero-order valence-corrected chi connectivity index (χ0v) is 9.99. The molecule has 4 heteroatoms. The summed E-state index contributed by atoms with van der Waals surface area (Å²) < 4.78 is 15.5. The topological polar surface area (TPSA) is 34.9 Å². The molecule has 0 atom stereocenters. The van der Waals surface area contributed by atoms with Crippen LogP contribution in [0.3, 0.4) is 0 Å². The first-order valence-electron chi connectivity index (χ1n) is 5.30. The average Bonchev–Trinajstić information content (AvgIpc) is 2.55. The van der Waals surface area contributed by atoms with Crippen LogP contribution in [0.15, 0.2) is 18.2 Å². The minimum absolute atomic E-state index is 0.338. The molecule has 0 saturated heterocycles. The molecule has 1 heterocycles. The Balaban J connectivity index is 2.71. The van der Waals surface area contributed by atoms with E-state index in [9.17, 15) is 9.18 Å². The molecular weight excluding hydrogens is 219 g/mol. The van der Waals surface area contributed by atoms with Crippen LogP contribution in [-0.4, -0.2) is 16.1 Å². The van der Waals surface area contributed by atoms with Gasteiger partial charge in [-0.15, -0.1) is 0 Å². The molecule has 2 aromatic rings. The Hall–Kier alpha value is -1.97. The average molecular weight is 232 g/mol. The van der Waals surface area contributed by atoms with Gasteiger partial charge >= 0.3 is 0 Å². The Morgan fingerprint density at radius 2 is 2.06 bits per heavy atom. The van der Waals surface area contributed by atoms with Gasteiger partial charge < -0.3 is 0 Å². The highest BCUT2D eigenvalue weighted by molar-refractivity contribution is 5.80. The molecular formula is C13H13FN2O. The van der Waals surface area contributed by atoms with Gasteiger partial charge in [0.1, 0.15) is 12.1 Å². The van der Waals surface area contributed by atoms with Gasteiger partial charge in [-0.05, 0) is 32.0 Å². The van der Waals surface area contributed by atoms with E-state index in [1.807, 2.05) is 20.9 Å². The van der Waals surface area contributed by atoms with Crippen LogP contribution in [0.2, 0.25) is 0 Å². The molecule has 0 saturated carbocycles. The summed E-state index contributed by atoms with van der Waals surface area (Å²) in [6.07, 6.45) is 0.712. The maximum absolute atomic E-state index is 13.8. The van der Waals surface area contributed by atoms with Crippen LogP contribution < -0.4 is 0 Å². The first-order valence-corrected chi connectivity index (χ1v) is 5.30. The maximum atomic E-state index is 13.8. The number of aldehydes is 1. The third kappa shape index (κ3) is 1.86. The van der Waals surface area contributed by atoms with E-state index in [1.165, 1.54) is 12.1 Å². The van der Waals surface area contributed by atoms with Gasteiger partial charge in [0.25, 0.3) is 0 Å². The first-order chi connectivity index (χ1) is 8.04. The third-order valence-electron chi connectivity index (χ3n) is 2.90. The van der Waals surface area contributed by atoms with Crippen LogP contribution in [0, 0.1) is 19.7 Å². The Morgan fingerprint density at radius 3 is 2.59 bits per heavy atom. The van der Waals surface area contributed by atoms with Crippen molar-refractivity contribution in [2.24, 2.45) is 7.05 Å². The smallest absolute Gasteiger partial charge is 0.150 e. The molecule has 0 fully saturated rings. The third-order valence-corrected chi connectivity index (χ3v) is 2.90. The molecule has 0 amide bonds. The molecule has 1 aromatic carbocycles. The molecule has 0 aliphatic heterocycles. The molecule has 0 N–H and O–H groups in total. The van der Waals surface area contributed by atoms with Gasteiger partial charge in [0.2, 0.25) is 0 Å². The molecule has 0 aliphatic rings. The Bertz CT molecular complexity index is 587. The van der Waals surface area contributed by atoms with Gasteiger partial charge in [-0.25, -0.2) is 4.39 Å². The van der Waals surface area contributed by atoms with Crippen LogP contribution in [0.1, 0.15) is 21.7 Å². The number of carbonyl (C=O) groups is 1. The summed E-state index contributed by atoms with van der Waals surface area (Å²) in [5.41, 5.74) is 3.28. The van der Waals surface area contributed by atoms with Crippen LogP contribution in [0.25, 0.3) is 11.1 Å². The van der Waals surface area contributed by atoms with Gasteiger partial charge in [-0.3, -0.25) is 9.48 Å². The molecule has 88 valence electrons. The number of aryl methyl sites for hydroxylation is 2. The second-order valence-corrected chi connectivity index (χ2v) is 4.03. The molecule has 17 heavy (non-hydrogen) atoms. The number of carbonyl (C=O) groups excluding carboxylic acids is 1. The van der Waals surface area contributed by atoms with Gasteiger partial charge in [0.05, 0.1) is 5.69 Å². The Labute approximate surface area is 98.9 Å². The molecule has 0 bridgehead atoms. The van der Waals surface area contributed by atoms with E-state index < -0.39 is 0 Å². The van der Waals surface area contributed by atoms with E-state index in [0.29, 0.717) is 17.4 Å². The quantitative estimate of drug-likeness (QED) is 0.746. The fourth-order valence-corrected chi connectivity index (χ4v) is 1.97. The highest BCUT2D eigenvalue weighted by Gasteiger charge is 2.15. The summed E-state index contributed by atoms with van der Waals surface area (Å²) in [6, 6.07) is 4.33. The Kier molecular flexibility index (Phi) is 2.79. The predicted molar refractivity (Wildman–Crippen MR) is 63.5 cm³/mol. The van der Waals surface area contributed by atoms with Crippen molar-refractivity contribution in [3.05, 3.63) is 41.0 Å². The van der Waals surface area contributed by atoms with Crippen LogP contribution in [-0.2, 0) is 7.05 Å². The van der Waals surface area contributed by atoms with E-state index >= 15 is 0 Å². The van der Waals surface area contributed by atoms with E-state index in [2.05, 4.69) is 5.10 Å². The molecule has 3 nitrogen and oxygen atoms in total. The van der Waals surface area contributed by atoms with Gasteiger partial charge in [-0.1, -0.05) is 0 Å².